The molecule has 3 unspecified atom stereocenters. The molecule has 0 amide bonds. The summed E-state index contributed by atoms with van der Waals surface area (Å²) in [5.41, 5.74) is 1.16. The predicted molar refractivity (Wildman–Crippen MR) is 80.1 cm³/mol. The molecule has 3 atom stereocenters. The first kappa shape index (κ1) is 15.4. The molecule has 0 aliphatic rings. The Kier molecular flexibility index (Phi) is 7.21. The zero-order valence-corrected chi connectivity index (χ0v) is 12.5. The van der Waals surface area contributed by atoms with Crippen LogP contribution in [0.1, 0.15) is 39.2 Å². The van der Waals surface area contributed by atoms with Gasteiger partial charge in [-0.1, -0.05) is 44.2 Å². The van der Waals surface area contributed by atoms with Crippen LogP contribution in [0.25, 0.3) is 0 Å². The van der Waals surface area contributed by atoms with Gasteiger partial charge in [-0.2, -0.15) is 0 Å². The van der Waals surface area contributed by atoms with Gasteiger partial charge < -0.3 is 5.32 Å². The van der Waals surface area contributed by atoms with Gasteiger partial charge in [-0.05, 0) is 31.9 Å². The number of hydrogen-bond donors (Lipinski definition) is 1. The summed E-state index contributed by atoms with van der Waals surface area (Å²) in [5.74, 6) is 0.659. The second-order valence-electron chi connectivity index (χ2n) is 4.68. The Balaban J connectivity index is 2.54. The zero-order valence-electron chi connectivity index (χ0n) is 11.7. The minimum atomic E-state index is -0.812. The first-order valence-corrected chi connectivity index (χ1v) is 8.21. The van der Waals surface area contributed by atoms with Gasteiger partial charge in [0.2, 0.25) is 0 Å². The van der Waals surface area contributed by atoms with E-state index in [1.54, 1.807) is 0 Å². The molecule has 0 saturated carbocycles. The lowest BCUT2D eigenvalue weighted by atomic mass is 10.1. The molecule has 3 heteroatoms. The van der Waals surface area contributed by atoms with E-state index in [1.165, 1.54) is 0 Å². The van der Waals surface area contributed by atoms with E-state index in [-0.39, 0.29) is 5.25 Å². The number of rotatable bonds is 8. The van der Waals surface area contributed by atoms with Crippen LogP contribution in [-0.2, 0) is 16.6 Å². The lowest BCUT2D eigenvalue weighted by Gasteiger charge is -2.23. The molecule has 0 radical (unpaired) electrons. The molecule has 102 valence electrons. The van der Waals surface area contributed by atoms with E-state index in [0.717, 1.165) is 24.9 Å². The van der Waals surface area contributed by atoms with Gasteiger partial charge in [0.1, 0.15) is 0 Å². The Bertz CT molecular complexity index is 353. The Morgan fingerprint density at radius 3 is 2.44 bits per heavy atom. The summed E-state index contributed by atoms with van der Waals surface area (Å²) in [7, 11) is -0.812. The van der Waals surface area contributed by atoms with Crippen LogP contribution in [0.4, 0.5) is 0 Å². The maximum atomic E-state index is 12.3. The highest BCUT2D eigenvalue weighted by Gasteiger charge is 2.20. The highest BCUT2D eigenvalue weighted by Crippen LogP contribution is 2.12. The fourth-order valence-electron chi connectivity index (χ4n) is 2.03. The standard InChI is InChI=1S/C15H25NOS/c1-4-11-16-15(5-2)13(3)18(17)12-14-9-7-6-8-10-14/h6-10,13,15-16H,4-5,11-12H2,1-3H3. The molecule has 1 aromatic carbocycles. The lowest BCUT2D eigenvalue weighted by molar-refractivity contribution is 0.486. The van der Waals surface area contributed by atoms with Crippen LogP contribution in [0.5, 0.6) is 0 Å². The maximum Gasteiger partial charge on any atom is 0.0488 e. The summed E-state index contributed by atoms with van der Waals surface area (Å²) in [4.78, 5) is 0. The van der Waals surface area contributed by atoms with Crippen molar-refractivity contribution in [2.24, 2.45) is 0 Å². The van der Waals surface area contributed by atoms with Gasteiger partial charge in [0.25, 0.3) is 0 Å². The SMILES string of the molecule is CCCNC(CC)C(C)S(=O)Cc1ccccc1. The third kappa shape index (κ3) is 4.91. The van der Waals surface area contributed by atoms with E-state index in [4.69, 9.17) is 0 Å². The van der Waals surface area contributed by atoms with Crippen LogP contribution in [-0.4, -0.2) is 22.0 Å². The second-order valence-corrected chi connectivity index (χ2v) is 6.48. The van der Waals surface area contributed by atoms with Crippen LogP contribution in [0.3, 0.4) is 0 Å². The molecular weight excluding hydrogens is 242 g/mol. The van der Waals surface area contributed by atoms with E-state index in [2.05, 4.69) is 26.1 Å². The van der Waals surface area contributed by atoms with E-state index < -0.39 is 10.8 Å². The predicted octanol–water partition coefficient (Wildman–Crippen LogP) is 3.10. The van der Waals surface area contributed by atoms with Crippen LogP contribution in [0.15, 0.2) is 30.3 Å². The maximum absolute atomic E-state index is 12.3. The summed E-state index contributed by atoms with van der Waals surface area (Å²) >= 11 is 0. The first-order valence-electron chi connectivity index (χ1n) is 6.83. The topological polar surface area (TPSA) is 29.1 Å². The average molecular weight is 267 g/mol. The van der Waals surface area contributed by atoms with Gasteiger partial charge >= 0.3 is 0 Å². The Labute approximate surface area is 114 Å². The fourth-order valence-corrected chi connectivity index (χ4v) is 3.46. The van der Waals surface area contributed by atoms with Gasteiger partial charge in [-0.3, -0.25) is 4.21 Å². The average Bonchev–Trinajstić information content (AvgIpc) is 2.40. The number of benzene rings is 1. The van der Waals surface area contributed by atoms with Crippen molar-refractivity contribution in [3.63, 3.8) is 0 Å². The third-order valence-corrected chi connectivity index (χ3v) is 5.01. The van der Waals surface area contributed by atoms with Crippen molar-refractivity contribution in [2.75, 3.05) is 6.54 Å². The quantitative estimate of drug-likeness (QED) is 0.784. The minimum absolute atomic E-state index is 0.196. The normalized spacial score (nSPS) is 16.2. The van der Waals surface area contributed by atoms with Gasteiger partial charge in [0.05, 0.1) is 0 Å². The Morgan fingerprint density at radius 1 is 1.22 bits per heavy atom. The molecular formula is C15H25NOS. The minimum Gasteiger partial charge on any atom is -0.313 e. The van der Waals surface area contributed by atoms with Crippen molar-refractivity contribution in [3.8, 4) is 0 Å². The summed E-state index contributed by atoms with van der Waals surface area (Å²) in [6.07, 6.45) is 2.15. The van der Waals surface area contributed by atoms with Crippen LogP contribution < -0.4 is 5.32 Å². The molecule has 0 aromatic heterocycles. The highest BCUT2D eigenvalue weighted by molar-refractivity contribution is 7.84. The summed E-state index contributed by atoms with van der Waals surface area (Å²) in [5, 5.41) is 3.69. The van der Waals surface area contributed by atoms with Crippen LogP contribution >= 0.6 is 0 Å². The van der Waals surface area contributed by atoms with E-state index in [9.17, 15) is 4.21 Å². The molecule has 18 heavy (non-hydrogen) atoms. The lowest BCUT2D eigenvalue weighted by Crippen LogP contribution is -2.40. The molecule has 1 aromatic rings. The molecule has 0 saturated heterocycles. The van der Waals surface area contributed by atoms with E-state index in [1.807, 2.05) is 30.3 Å². The fraction of sp³-hybridized carbons (Fsp3) is 0.600. The van der Waals surface area contributed by atoms with Crippen LogP contribution in [0, 0.1) is 0 Å². The summed E-state index contributed by atoms with van der Waals surface area (Å²) in [6, 6.07) is 10.5. The molecule has 0 fully saturated rings. The van der Waals surface area contributed by atoms with E-state index >= 15 is 0 Å². The molecule has 0 aliphatic heterocycles. The van der Waals surface area contributed by atoms with Crippen molar-refractivity contribution in [1.82, 2.24) is 5.32 Å². The zero-order chi connectivity index (χ0) is 13.4. The van der Waals surface area contributed by atoms with Gasteiger partial charge in [0, 0.05) is 27.8 Å². The summed E-state index contributed by atoms with van der Waals surface area (Å²) < 4.78 is 12.3. The molecule has 0 aliphatic carbocycles. The van der Waals surface area contributed by atoms with Crippen molar-refractivity contribution >= 4 is 10.8 Å². The molecule has 1 rings (SSSR count). The third-order valence-electron chi connectivity index (χ3n) is 3.23. The molecule has 0 bridgehead atoms. The number of nitrogens with one attached hydrogen (secondary N) is 1. The highest BCUT2D eigenvalue weighted by atomic mass is 32.2. The molecule has 1 N–H and O–H groups in total. The Morgan fingerprint density at radius 2 is 1.89 bits per heavy atom. The number of hydrogen-bond acceptors (Lipinski definition) is 2. The van der Waals surface area contributed by atoms with Crippen molar-refractivity contribution in [1.29, 1.82) is 0 Å². The van der Waals surface area contributed by atoms with Gasteiger partial charge in [-0.25, -0.2) is 0 Å². The van der Waals surface area contributed by atoms with Crippen molar-refractivity contribution in [3.05, 3.63) is 35.9 Å². The van der Waals surface area contributed by atoms with Gasteiger partial charge in [-0.15, -0.1) is 0 Å². The largest absolute Gasteiger partial charge is 0.313 e. The second kappa shape index (κ2) is 8.44. The monoisotopic (exact) mass is 267 g/mol. The first-order chi connectivity index (χ1) is 8.69. The molecule has 2 nitrogen and oxygen atoms in total. The van der Waals surface area contributed by atoms with Crippen molar-refractivity contribution in [2.45, 2.75) is 50.7 Å². The smallest absolute Gasteiger partial charge is 0.0488 e. The Hall–Kier alpha value is -0.670. The summed E-state index contributed by atoms with van der Waals surface area (Å²) in [6.45, 7) is 7.41. The molecule has 0 heterocycles. The van der Waals surface area contributed by atoms with Crippen LogP contribution in [0.2, 0.25) is 0 Å². The molecule has 0 spiro atoms. The van der Waals surface area contributed by atoms with Gasteiger partial charge in [0.15, 0.2) is 0 Å². The van der Waals surface area contributed by atoms with Crippen molar-refractivity contribution < 1.29 is 4.21 Å². The van der Waals surface area contributed by atoms with E-state index in [0.29, 0.717) is 11.8 Å².